The van der Waals surface area contributed by atoms with Crippen LogP contribution in [0.5, 0.6) is 0 Å². The van der Waals surface area contributed by atoms with Crippen molar-refractivity contribution < 1.29 is 13.0 Å². The monoisotopic (exact) mass is 347 g/mol. The molecule has 0 unspecified atom stereocenters. The normalized spacial score (nSPS) is 10.8. The van der Waals surface area contributed by atoms with Crippen LogP contribution in [-0.4, -0.2) is 48.3 Å². The van der Waals surface area contributed by atoms with Crippen molar-refractivity contribution in [3.8, 4) is 0 Å². The van der Waals surface area contributed by atoms with E-state index in [1.54, 1.807) is 0 Å². The van der Waals surface area contributed by atoms with Crippen LogP contribution in [0.1, 0.15) is 96.8 Å². The average Bonchev–Trinajstić information content (AvgIpc) is 2.38. The molecule has 0 fully saturated rings. The molecule has 0 aromatic rings. The van der Waals surface area contributed by atoms with E-state index in [-0.39, 0.29) is 41.5 Å². The first-order chi connectivity index (χ1) is 9.56. The fraction of sp³-hybridized carbons (Fsp3) is 1.00. The molecule has 4 nitrogen and oxygen atoms in total. The molecule has 0 aliphatic carbocycles. The van der Waals surface area contributed by atoms with E-state index in [0.717, 1.165) is 12.8 Å². The third-order valence-electron chi connectivity index (χ3n) is 3.76. The molecule has 0 aliphatic heterocycles. The fourth-order valence-electron chi connectivity index (χ4n) is 2.48. The van der Waals surface area contributed by atoms with E-state index in [2.05, 4.69) is 6.92 Å². The summed E-state index contributed by atoms with van der Waals surface area (Å²) in [6.45, 7) is 2.25. The van der Waals surface area contributed by atoms with Crippen LogP contribution in [-0.2, 0) is 10.1 Å². The molecule has 22 heavy (non-hydrogen) atoms. The van der Waals surface area contributed by atoms with Gasteiger partial charge in [0, 0.05) is 0 Å². The Hall–Kier alpha value is 0.870. The second-order valence-corrected chi connectivity index (χ2v) is 7.45. The molecule has 0 saturated carbocycles. The Balaban J connectivity index is -0.00000180. The standard InChI is InChI=1S/C16H34O3S.H3N.Na.H/c1-2-3-4-5-6-7-8-9-10-11-12-13-14-15-16-20(17,18)19;;;/h2-16H2,1H3,(H,17,18,19);1H3;;. The van der Waals surface area contributed by atoms with E-state index in [1.165, 1.54) is 70.6 Å². The van der Waals surface area contributed by atoms with E-state index in [1.807, 2.05) is 0 Å². The Morgan fingerprint density at radius 3 is 1.18 bits per heavy atom. The molecule has 0 bridgehead atoms. The summed E-state index contributed by atoms with van der Waals surface area (Å²) in [7, 11) is -3.74. The zero-order chi connectivity index (χ0) is 15.1. The molecule has 0 aromatic heterocycles. The first-order valence-electron chi connectivity index (χ1n) is 8.51. The fourth-order valence-corrected chi connectivity index (χ4v) is 3.05. The first kappa shape index (κ1) is 27.7. The SMILES string of the molecule is CCCCCCCCCCCCCCCCS(=O)(=O)O.N.[NaH]. The minimum absolute atomic E-state index is 0. The molecule has 0 aromatic carbocycles. The predicted molar refractivity (Wildman–Crippen MR) is 98.9 cm³/mol. The predicted octanol–water partition coefficient (Wildman–Crippen LogP) is 4.87. The summed E-state index contributed by atoms with van der Waals surface area (Å²) in [5.41, 5.74) is 0. The van der Waals surface area contributed by atoms with Crippen molar-refractivity contribution in [2.75, 3.05) is 5.75 Å². The van der Waals surface area contributed by atoms with Gasteiger partial charge in [0.05, 0.1) is 5.75 Å². The van der Waals surface area contributed by atoms with Gasteiger partial charge in [-0.3, -0.25) is 4.55 Å². The summed E-state index contributed by atoms with van der Waals surface area (Å²) < 4.78 is 29.6. The van der Waals surface area contributed by atoms with Gasteiger partial charge in [0.1, 0.15) is 0 Å². The van der Waals surface area contributed by atoms with Gasteiger partial charge in [0.15, 0.2) is 0 Å². The molecular weight excluding hydrogens is 309 g/mol. The van der Waals surface area contributed by atoms with Crippen molar-refractivity contribution in [2.45, 2.75) is 96.8 Å². The molecule has 4 N–H and O–H groups in total. The van der Waals surface area contributed by atoms with Crippen LogP contribution >= 0.6 is 0 Å². The number of hydrogen-bond donors (Lipinski definition) is 2. The van der Waals surface area contributed by atoms with Crippen molar-refractivity contribution in [3.05, 3.63) is 0 Å². The molecule has 0 rings (SSSR count). The van der Waals surface area contributed by atoms with E-state index in [4.69, 9.17) is 4.55 Å². The number of hydrogen-bond acceptors (Lipinski definition) is 3. The molecule has 0 amide bonds. The van der Waals surface area contributed by atoms with Crippen LogP contribution in [0.4, 0.5) is 0 Å². The Kier molecular flexibility index (Phi) is 25.1. The van der Waals surface area contributed by atoms with Crippen molar-refractivity contribution in [1.82, 2.24) is 6.15 Å². The van der Waals surface area contributed by atoms with Crippen molar-refractivity contribution in [1.29, 1.82) is 0 Å². The Morgan fingerprint density at radius 1 is 0.636 bits per heavy atom. The van der Waals surface area contributed by atoms with Crippen molar-refractivity contribution in [3.63, 3.8) is 0 Å². The Bertz CT molecular complexity index is 298. The summed E-state index contributed by atoms with van der Waals surface area (Å²) in [6.07, 6.45) is 17.4. The van der Waals surface area contributed by atoms with E-state index >= 15 is 0 Å². The molecule has 0 aliphatic rings. The third-order valence-corrected chi connectivity index (χ3v) is 4.56. The van der Waals surface area contributed by atoms with Gasteiger partial charge in [-0.1, -0.05) is 90.4 Å². The van der Waals surface area contributed by atoms with Gasteiger partial charge in [0.25, 0.3) is 10.1 Å². The number of unbranched alkanes of at least 4 members (excludes halogenated alkanes) is 13. The summed E-state index contributed by atoms with van der Waals surface area (Å²) in [4.78, 5) is 0. The van der Waals surface area contributed by atoms with Crippen LogP contribution in [0.15, 0.2) is 0 Å². The molecule has 0 spiro atoms. The van der Waals surface area contributed by atoms with E-state index < -0.39 is 10.1 Å². The van der Waals surface area contributed by atoms with Gasteiger partial charge >= 0.3 is 29.6 Å². The molecule has 0 saturated heterocycles. The van der Waals surface area contributed by atoms with Gasteiger partial charge in [0.2, 0.25) is 0 Å². The van der Waals surface area contributed by atoms with Crippen molar-refractivity contribution in [2.24, 2.45) is 0 Å². The zero-order valence-electron chi connectivity index (χ0n) is 14.0. The molecular formula is C16H38NNaO3S. The van der Waals surface area contributed by atoms with Crippen LogP contribution in [0.25, 0.3) is 0 Å². The van der Waals surface area contributed by atoms with E-state index in [0.29, 0.717) is 6.42 Å². The summed E-state index contributed by atoms with van der Waals surface area (Å²) in [5.74, 6) is -0.0783. The molecule has 0 radical (unpaired) electrons. The maximum absolute atomic E-state index is 10.5. The van der Waals surface area contributed by atoms with Gasteiger partial charge in [-0.15, -0.1) is 0 Å². The second kappa shape index (κ2) is 19.9. The van der Waals surface area contributed by atoms with Crippen LogP contribution < -0.4 is 6.15 Å². The van der Waals surface area contributed by atoms with Gasteiger partial charge in [-0.05, 0) is 6.42 Å². The second-order valence-electron chi connectivity index (χ2n) is 5.88. The quantitative estimate of drug-likeness (QED) is 0.251. The van der Waals surface area contributed by atoms with Crippen molar-refractivity contribution >= 4 is 39.7 Å². The third kappa shape index (κ3) is 25.8. The molecule has 132 valence electrons. The summed E-state index contributed by atoms with van der Waals surface area (Å²) in [5, 5.41) is 0. The average molecular weight is 348 g/mol. The summed E-state index contributed by atoms with van der Waals surface area (Å²) >= 11 is 0. The van der Waals surface area contributed by atoms with Gasteiger partial charge < -0.3 is 6.15 Å². The van der Waals surface area contributed by atoms with Crippen LogP contribution in [0.3, 0.4) is 0 Å². The zero-order valence-corrected chi connectivity index (χ0v) is 14.8. The van der Waals surface area contributed by atoms with Gasteiger partial charge in [-0.25, -0.2) is 0 Å². The Labute approximate surface area is 160 Å². The minimum atomic E-state index is -3.74. The number of rotatable bonds is 15. The van der Waals surface area contributed by atoms with Gasteiger partial charge in [-0.2, -0.15) is 8.42 Å². The topological polar surface area (TPSA) is 89.4 Å². The van der Waals surface area contributed by atoms with Crippen LogP contribution in [0, 0.1) is 0 Å². The Morgan fingerprint density at radius 2 is 0.909 bits per heavy atom. The molecule has 6 heteroatoms. The molecule has 0 heterocycles. The maximum atomic E-state index is 10.5. The summed E-state index contributed by atoms with van der Waals surface area (Å²) in [6, 6.07) is 0. The first-order valence-corrected chi connectivity index (χ1v) is 10.1. The molecule has 0 atom stereocenters. The van der Waals surface area contributed by atoms with Crippen LogP contribution in [0.2, 0.25) is 0 Å². The van der Waals surface area contributed by atoms with E-state index in [9.17, 15) is 8.42 Å².